The first-order valence-electron chi connectivity index (χ1n) is 5.94. The monoisotopic (exact) mass is 274 g/mol. The molecule has 0 radical (unpaired) electrons. The number of carbonyl (C=O) groups excluding carboxylic acids is 1. The van der Waals surface area contributed by atoms with E-state index in [1.54, 1.807) is 12.3 Å². The van der Waals surface area contributed by atoms with Gasteiger partial charge in [-0.3, -0.25) is 14.9 Å². The zero-order chi connectivity index (χ0) is 14.7. The van der Waals surface area contributed by atoms with Gasteiger partial charge in [0, 0.05) is 49.9 Å². The minimum absolute atomic E-state index is 0.0961. The molecule has 0 amide bonds. The molecule has 7 heteroatoms. The van der Waals surface area contributed by atoms with Crippen LogP contribution in [0.4, 0.5) is 11.4 Å². The molecule has 0 saturated carbocycles. The fourth-order valence-corrected chi connectivity index (χ4v) is 1.94. The molecule has 7 nitrogen and oxygen atoms in total. The number of aryl methyl sites for hydroxylation is 1. The van der Waals surface area contributed by atoms with Crippen molar-refractivity contribution in [1.82, 2.24) is 9.55 Å². The normalized spacial score (nSPS) is 10.3. The molecule has 0 unspecified atom stereocenters. The Bertz CT molecular complexity index is 651. The summed E-state index contributed by atoms with van der Waals surface area (Å²) in [7, 11) is 3.69. The Morgan fingerprint density at radius 1 is 1.50 bits per heavy atom. The third-order valence-corrected chi connectivity index (χ3v) is 3.06. The molecule has 2 aromatic rings. The number of imidazole rings is 1. The van der Waals surface area contributed by atoms with Crippen LogP contribution in [0.1, 0.15) is 16.2 Å². The maximum Gasteiger partial charge on any atom is 0.270 e. The number of hydrogen-bond donors (Lipinski definition) is 0. The van der Waals surface area contributed by atoms with E-state index < -0.39 is 4.92 Å². The molecule has 1 aromatic heterocycles. The number of benzene rings is 1. The number of nitro groups is 1. The number of nitrogens with zero attached hydrogens (tertiary/aromatic N) is 4. The number of rotatable bonds is 5. The number of anilines is 1. The van der Waals surface area contributed by atoms with E-state index in [0.29, 0.717) is 18.5 Å². The molecule has 0 aliphatic carbocycles. The lowest BCUT2D eigenvalue weighted by atomic mass is 10.1. The fraction of sp³-hybridized carbons (Fsp3) is 0.231. The van der Waals surface area contributed by atoms with Gasteiger partial charge in [-0.05, 0) is 6.07 Å². The molecule has 0 aliphatic heterocycles. The minimum Gasteiger partial charge on any atom is -0.367 e. The molecule has 0 saturated heterocycles. The second-order valence-corrected chi connectivity index (χ2v) is 4.43. The maximum absolute atomic E-state index is 11.1. The summed E-state index contributed by atoms with van der Waals surface area (Å²) in [6.07, 6.45) is 4.15. The Labute approximate surface area is 115 Å². The molecule has 1 aromatic carbocycles. The van der Waals surface area contributed by atoms with E-state index in [1.807, 2.05) is 29.8 Å². The van der Waals surface area contributed by atoms with E-state index >= 15 is 0 Å². The zero-order valence-corrected chi connectivity index (χ0v) is 11.2. The summed E-state index contributed by atoms with van der Waals surface area (Å²) in [5.74, 6) is 0.836. The van der Waals surface area contributed by atoms with Crippen LogP contribution in [0, 0.1) is 10.1 Å². The lowest BCUT2D eigenvalue weighted by Crippen LogP contribution is -2.20. The highest BCUT2D eigenvalue weighted by Gasteiger charge is 2.14. The first kappa shape index (κ1) is 13.7. The molecule has 0 atom stereocenters. The SMILES string of the molecule is CN(Cc1nccn1C)c1ccc([N+](=O)[O-])cc1C=O. The van der Waals surface area contributed by atoms with Crippen LogP contribution >= 0.6 is 0 Å². The van der Waals surface area contributed by atoms with Gasteiger partial charge in [-0.2, -0.15) is 0 Å². The average molecular weight is 274 g/mol. The third-order valence-electron chi connectivity index (χ3n) is 3.06. The molecule has 0 fully saturated rings. The van der Waals surface area contributed by atoms with Crippen molar-refractivity contribution in [1.29, 1.82) is 0 Å². The van der Waals surface area contributed by atoms with E-state index in [0.717, 1.165) is 5.82 Å². The topological polar surface area (TPSA) is 81.3 Å². The van der Waals surface area contributed by atoms with Gasteiger partial charge < -0.3 is 9.47 Å². The molecular weight excluding hydrogens is 260 g/mol. The summed E-state index contributed by atoms with van der Waals surface area (Å²) in [5.41, 5.74) is 0.825. The molecule has 104 valence electrons. The van der Waals surface area contributed by atoms with E-state index in [9.17, 15) is 14.9 Å². The Morgan fingerprint density at radius 3 is 2.80 bits per heavy atom. The van der Waals surface area contributed by atoms with Gasteiger partial charge >= 0.3 is 0 Å². The second-order valence-electron chi connectivity index (χ2n) is 4.43. The summed E-state index contributed by atoms with van der Waals surface area (Å²) < 4.78 is 1.88. The van der Waals surface area contributed by atoms with Gasteiger partial charge in [-0.15, -0.1) is 0 Å². The lowest BCUT2D eigenvalue weighted by molar-refractivity contribution is -0.384. The number of non-ortho nitro benzene ring substituents is 1. The number of nitro benzene ring substituents is 1. The van der Waals surface area contributed by atoms with Crippen LogP contribution in [0.5, 0.6) is 0 Å². The minimum atomic E-state index is -0.518. The zero-order valence-electron chi connectivity index (χ0n) is 11.2. The number of carbonyl (C=O) groups is 1. The van der Waals surface area contributed by atoms with Crippen molar-refractivity contribution in [2.45, 2.75) is 6.54 Å². The van der Waals surface area contributed by atoms with E-state index in [1.165, 1.54) is 12.1 Å². The Morgan fingerprint density at radius 2 is 2.25 bits per heavy atom. The molecular formula is C13H14N4O3. The van der Waals surface area contributed by atoms with Crippen molar-refractivity contribution in [2.75, 3.05) is 11.9 Å². The number of aldehydes is 1. The summed E-state index contributed by atoms with van der Waals surface area (Å²) in [4.78, 5) is 27.3. The van der Waals surface area contributed by atoms with Crippen molar-refractivity contribution < 1.29 is 9.72 Å². The third kappa shape index (κ3) is 2.66. The number of aromatic nitrogens is 2. The molecule has 0 aliphatic rings. The van der Waals surface area contributed by atoms with Gasteiger partial charge in [0.1, 0.15) is 5.82 Å². The molecule has 0 spiro atoms. The van der Waals surface area contributed by atoms with Crippen LogP contribution in [0.15, 0.2) is 30.6 Å². The predicted molar refractivity (Wildman–Crippen MR) is 73.8 cm³/mol. The smallest absolute Gasteiger partial charge is 0.270 e. The largest absolute Gasteiger partial charge is 0.367 e. The maximum atomic E-state index is 11.1. The highest BCUT2D eigenvalue weighted by molar-refractivity contribution is 5.85. The van der Waals surface area contributed by atoms with Crippen LogP contribution in [0.25, 0.3) is 0 Å². The summed E-state index contributed by atoms with van der Waals surface area (Å²) >= 11 is 0. The van der Waals surface area contributed by atoms with Gasteiger partial charge in [0.05, 0.1) is 11.5 Å². The van der Waals surface area contributed by atoms with E-state index in [2.05, 4.69) is 4.98 Å². The van der Waals surface area contributed by atoms with Crippen LogP contribution in [-0.2, 0) is 13.6 Å². The number of hydrogen-bond acceptors (Lipinski definition) is 5. The van der Waals surface area contributed by atoms with Crippen LogP contribution in [-0.4, -0.2) is 27.8 Å². The highest BCUT2D eigenvalue weighted by Crippen LogP contribution is 2.24. The molecule has 1 heterocycles. The first-order chi connectivity index (χ1) is 9.52. The summed E-state index contributed by atoms with van der Waals surface area (Å²) in [6, 6.07) is 4.24. The molecule has 20 heavy (non-hydrogen) atoms. The van der Waals surface area contributed by atoms with Gasteiger partial charge in [-0.1, -0.05) is 0 Å². The first-order valence-corrected chi connectivity index (χ1v) is 5.94. The molecule has 0 bridgehead atoms. The molecule has 0 N–H and O–H groups in total. The van der Waals surface area contributed by atoms with E-state index in [-0.39, 0.29) is 11.3 Å². The van der Waals surface area contributed by atoms with Gasteiger partial charge in [0.15, 0.2) is 6.29 Å². The Balaban J connectivity index is 2.30. The summed E-state index contributed by atoms with van der Waals surface area (Å²) in [6.45, 7) is 0.502. The highest BCUT2D eigenvalue weighted by atomic mass is 16.6. The van der Waals surface area contributed by atoms with Crippen molar-refractivity contribution in [3.63, 3.8) is 0 Å². The second kappa shape index (κ2) is 5.52. The van der Waals surface area contributed by atoms with Crippen LogP contribution in [0.2, 0.25) is 0 Å². The molecule has 2 rings (SSSR count). The standard InChI is InChI=1S/C13H14N4O3/c1-15-6-5-14-13(15)8-16(2)12-4-3-11(17(19)20)7-10(12)9-18/h3-7,9H,8H2,1-2H3. The van der Waals surface area contributed by atoms with Gasteiger partial charge in [0.25, 0.3) is 5.69 Å². The Hall–Kier alpha value is -2.70. The van der Waals surface area contributed by atoms with Gasteiger partial charge in [0.2, 0.25) is 0 Å². The van der Waals surface area contributed by atoms with Crippen LogP contribution in [0.3, 0.4) is 0 Å². The quantitative estimate of drug-likeness (QED) is 0.471. The predicted octanol–water partition coefficient (Wildman–Crippen LogP) is 1.78. The van der Waals surface area contributed by atoms with Crippen molar-refractivity contribution >= 4 is 17.7 Å². The van der Waals surface area contributed by atoms with Gasteiger partial charge in [-0.25, -0.2) is 4.98 Å². The lowest BCUT2D eigenvalue weighted by Gasteiger charge is -2.20. The Kier molecular flexibility index (Phi) is 3.79. The van der Waals surface area contributed by atoms with Crippen molar-refractivity contribution in [3.8, 4) is 0 Å². The average Bonchev–Trinajstić information content (AvgIpc) is 2.83. The summed E-state index contributed by atoms with van der Waals surface area (Å²) in [5, 5.41) is 10.7. The fourth-order valence-electron chi connectivity index (χ4n) is 1.94. The van der Waals surface area contributed by atoms with Crippen LogP contribution < -0.4 is 4.90 Å². The van der Waals surface area contributed by atoms with Crippen molar-refractivity contribution in [3.05, 3.63) is 52.1 Å². The van der Waals surface area contributed by atoms with E-state index in [4.69, 9.17) is 0 Å². The van der Waals surface area contributed by atoms with Crippen molar-refractivity contribution in [2.24, 2.45) is 7.05 Å².